The SMILES string of the molecule is CCCC1CCC(=O)C(CN(C)CCOC(C)C)C1. The zero-order valence-corrected chi connectivity index (χ0v) is 13.2. The molecule has 1 aliphatic carbocycles. The fourth-order valence-corrected chi connectivity index (χ4v) is 2.96. The Hall–Kier alpha value is -0.410. The lowest BCUT2D eigenvalue weighted by atomic mass is 9.78. The van der Waals surface area contributed by atoms with E-state index in [4.69, 9.17) is 4.74 Å². The van der Waals surface area contributed by atoms with Gasteiger partial charge in [0.05, 0.1) is 12.7 Å². The Bertz CT molecular complexity index is 265. The Balaban J connectivity index is 2.30. The summed E-state index contributed by atoms with van der Waals surface area (Å²) in [7, 11) is 2.10. The molecular weight excluding hydrogens is 238 g/mol. The van der Waals surface area contributed by atoms with Gasteiger partial charge in [0.1, 0.15) is 5.78 Å². The lowest BCUT2D eigenvalue weighted by molar-refractivity contribution is -0.126. The maximum absolute atomic E-state index is 12.0. The molecule has 0 bridgehead atoms. The third-order valence-electron chi connectivity index (χ3n) is 4.03. The van der Waals surface area contributed by atoms with E-state index < -0.39 is 0 Å². The second kappa shape index (κ2) is 8.70. The summed E-state index contributed by atoms with van der Waals surface area (Å²) >= 11 is 0. The molecule has 19 heavy (non-hydrogen) atoms. The quantitative estimate of drug-likeness (QED) is 0.678. The maximum Gasteiger partial charge on any atom is 0.137 e. The van der Waals surface area contributed by atoms with Crippen molar-refractivity contribution < 1.29 is 9.53 Å². The molecule has 2 atom stereocenters. The van der Waals surface area contributed by atoms with Crippen molar-refractivity contribution in [2.45, 2.75) is 59.0 Å². The van der Waals surface area contributed by atoms with E-state index in [0.717, 1.165) is 44.9 Å². The summed E-state index contributed by atoms with van der Waals surface area (Å²) in [5.41, 5.74) is 0. The first kappa shape index (κ1) is 16.6. The number of rotatable bonds is 8. The summed E-state index contributed by atoms with van der Waals surface area (Å²) in [4.78, 5) is 14.3. The maximum atomic E-state index is 12.0. The van der Waals surface area contributed by atoms with Crippen molar-refractivity contribution in [3.05, 3.63) is 0 Å². The summed E-state index contributed by atoms with van der Waals surface area (Å²) in [6, 6.07) is 0. The van der Waals surface area contributed by atoms with Crippen LogP contribution in [0.25, 0.3) is 0 Å². The van der Waals surface area contributed by atoms with E-state index in [1.807, 2.05) is 0 Å². The smallest absolute Gasteiger partial charge is 0.137 e. The second-order valence-corrected chi connectivity index (χ2v) is 6.27. The fraction of sp³-hybridized carbons (Fsp3) is 0.938. The summed E-state index contributed by atoms with van der Waals surface area (Å²) < 4.78 is 5.56. The lowest BCUT2D eigenvalue weighted by Gasteiger charge is -2.31. The van der Waals surface area contributed by atoms with Gasteiger partial charge in [0.2, 0.25) is 0 Å². The van der Waals surface area contributed by atoms with Crippen molar-refractivity contribution in [1.29, 1.82) is 0 Å². The summed E-state index contributed by atoms with van der Waals surface area (Å²) in [5.74, 6) is 1.51. The van der Waals surface area contributed by atoms with Crippen LogP contribution in [0.3, 0.4) is 0 Å². The molecule has 1 fully saturated rings. The number of ether oxygens (including phenoxy) is 1. The number of carbonyl (C=O) groups excluding carboxylic acids is 1. The molecule has 0 aromatic rings. The van der Waals surface area contributed by atoms with Gasteiger partial charge < -0.3 is 9.64 Å². The van der Waals surface area contributed by atoms with Gasteiger partial charge in [-0.2, -0.15) is 0 Å². The number of carbonyl (C=O) groups is 1. The van der Waals surface area contributed by atoms with Crippen molar-refractivity contribution in [2.75, 3.05) is 26.7 Å². The molecule has 1 aliphatic rings. The van der Waals surface area contributed by atoms with Crippen LogP contribution in [0.15, 0.2) is 0 Å². The minimum Gasteiger partial charge on any atom is -0.377 e. The number of nitrogens with zero attached hydrogens (tertiary/aromatic N) is 1. The number of Topliss-reactive ketones (excluding diaryl/α,β-unsaturated/α-hetero) is 1. The van der Waals surface area contributed by atoms with Crippen molar-refractivity contribution in [2.24, 2.45) is 11.8 Å². The van der Waals surface area contributed by atoms with Crippen LogP contribution < -0.4 is 0 Å². The molecule has 1 saturated carbocycles. The number of hydrogen-bond donors (Lipinski definition) is 0. The summed E-state index contributed by atoms with van der Waals surface area (Å²) in [5, 5.41) is 0. The molecule has 1 rings (SSSR count). The average Bonchev–Trinajstić information content (AvgIpc) is 2.33. The second-order valence-electron chi connectivity index (χ2n) is 6.27. The normalized spacial score (nSPS) is 24.4. The Morgan fingerprint density at radius 1 is 1.42 bits per heavy atom. The fourth-order valence-electron chi connectivity index (χ4n) is 2.96. The number of likely N-dealkylation sites (N-methyl/N-ethyl adjacent to an activating group) is 1. The Morgan fingerprint density at radius 3 is 2.79 bits per heavy atom. The summed E-state index contributed by atoms with van der Waals surface area (Å²) in [6.45, 7) is 8.93. The van der Waals surface area contributed by atoms with Gasteiger partial charge in [-0.1, -0.05) is 19.8 Å². The van der Waals surface area contributed by atoms with E-state index in [0.29, 0.717) is 11.9 Å². The molecule has 2 unspecified atom stereocenters. The van der Waals surface area contributed by atoms with Gasteiger partial charge in [-0.25, -0.2) is 0 Å². The topological polar surface area (TPSA) is 29.5 Å². The van der Waals surface area contributed by atoms with Crippen molar-refractivity contribution in [3.8, 4) is 0 Å². The van der Waals surface area contributed by atoms with E-state index in [2.05, 4.69) is 32.7 Å². The van der Waals surface area contributed by atoms with Crippen LogP contribution in [0.5, 0.6) is 0 Å². The zero-order valence-electron chi connectivity index (χ0n) is 13.2. The number of ketones is 1. The van der Waals surface area contributed by atoms with Crippen molar-refractivity contribution in [1.82, 2.24) is 4.90 Å². The molecule has 112 valence electrons. The molecule has 0 spiro atoms. The van der Waals surface area contributed by atoms with Gasteiger partial charge in [-0.05, 0) is 39.7 Å². The van der Waals surface area contributed by atoms with Gasteiger partial charge >= 0.3 is 0 Å². The van der Waals surface area contributed by atoms with Crippen LogP contribution in [-0.2, 0) is 9.53 Å². The molecule has 0 radical (unpaired) electrons. The van der Waals surface area contributed by atoms with Gasteiger partial charge in [0.25, 0.3) is 0 Å². The highest BCUT2D eigenvalue weighted by molar-refractivity contribution is 5.81. The third kappa shape index (κ3) is 6.53. The predicted molar refractivity (Wildman–Crippen MR) is 79.3 cm³/mol. The van der Waals surface area contributed by atoms with Gasteiger partial charge in [-0.15, -0.1) is 0 Å². The first-order valence-corrected chi connectivity index (χ1v) is 7.85. The van der Waals surface area contributed by atoms with Crippen LogP contribution in [0.1, 0.15) is 52.9 Å². The molecule has 0 heterocycles. The monoisotopic (exact) mass is 269 g/mol. The lowest BCUT2D eigenvalue weighted by Crippen LogP contribution is -2.36. The van der Waals surface area contributed by atoms with Gasteiger partial charge in [-0.3, -0.25) is 4.79 Å². The largest absolute Gasteiger partial charge is 0.377 e. The van der Waals surface area contributed by atoms with Gasteiger partial charge in [0.15, 0.2) is 0 Å². The highest BCUT2D eigenvalue weighted by atomic mass is 16.5. The Kier molecular flexibility index (Phi) is 7.62. The van der Waals surface area contributed by atoms with E-state index in [1.54, 1.807) is 0 Å². The Morgan fingerprint density at radius 2 is 2.16 bits per heavy atom. The molecule has 0 aromatic heterocycles. The predicted octanol–water partition coefficient (Wildman–Crippen LogP) is 3.13. The van der Waals surface area contributed by atoms with Crippen LogP contribution in [0, 0.1) is 11.8 Å². The van der Waals surface area contributed by atoms with Crippen LogP contribution >= 0.6 is 0 Å². The van der Waals surface area contributed by atoms with E-state index in [9.17, 15) is 4.79 Å². The van der Waals surface area contributed by atoms with Crippen LogP contribution in [-0.4, -0.2) is 43.5 Å². The third-order valence-corrected chi connectivity index (χ3v) is 4.03. The highest BCUT2D eigenvalue weighted by Crippen LogP contribution is 2.30. The minimum absolute atomic E-state index is 0.259. The van der Waals surface area contributed by atoms with Crippen LogP contribution in [0.4, 0.5) is 0 Å². The van der Waals surface area contributed by atoms with E-state index in [1.165, 1.54) is 12.8 Å². The van der Waals surface area contributed by atoms with E-state index in [-0.39, 0.29) is 5.92 Å². The first-order chi connectivity index (χ1) is 9.02. The Labute approximate surface area is 118 Å². The van der Waals surface area contributed by atoms with Crippen molar-refractivity contribution in [3.63, 3.8) is 0 Å². The molecule has 3 nitrogen and oxygen atoms in total. The molecule has 0 amide bonds. The summed E-state index contributed by atoms with van der Waals surface area (Å²) in [6.07, 6.45) is 5.82. The van der Waals surface area contributed by atoms with E-state index >= 15 is 0 Å². The minimum atomic E-state index is 0.259. The zero-order chi connectivity index (χ0) is 14.3. The van der Waals surface area contributed by atoms with Crippen molar-refractivity contribution >= 4 is 5.78 Å². The molecular formula is C16H31NO2. The molecule has 0 saturated heterocycles. The molecule has 3 heteroatoms. The first-order valence-electron chi connectivity index (χ1n) is 7.85. The van der Waals surface area contributed by atoms with Crippen LogP contribution in [0.2, 0.25) is 0 Å². The van der Waals surface area contributed by atoms with Gasteiger partial charge in [0, 0.05) is 25.4 Å². The molecule has 0 aromatic carbocycles. The average molecular weight is 269 g/mol. The molecule has 0 aliphatic heterocycles. The standard InChI is InChI=1S/C16H31NO2/c1-5-6-14-7-8-16(18)15(11-14)12-17(4)9-10-19-13(2)3/h13-15H,5-12H2,1-4H3. The molecule has 0 N–H and O–H groups in total. The highest BCUT2D eigenvalue weighted by Gasteiger charge is 2.28. The number of hydrogen-bond acceptors (Lipinski definition) is 3.